The lowest BCUT2D eigenvalue weighted by molar-refractivity contribution is -0.163. The normalized spacial score (nSPS) is 22.8. The van der Waals surface area contributed by atoms with Crippen molar-refractivity contribution in [1.29, 1.82) is 0 Å². The average molecular weight is 408 g/mol. The van der Waals surface area contributed by atoms with Crippen molar-refractivity contribution in [3.8, 4) is 5.75 Å². The smallest absolute Gasteiger partial charge is 0.313 e. The van der Waals surface area contributed by atoms with Gasteiger partial charge in [0.1, 0.15) is 17.0 Å². The first-order chi connectivity index (χ1) is 13.3. The molecule has 0 aromatic heterocycles. The summed E-state index contributed by atoms with van der Waals surface area (Å²) in [5.41, 5.74) is 0.152. The molecular formula is C21H23ClFNO4. The maximum Gasteiger partial charge on any atom is 0.313 e. The molecule has 0 aliphatic carbocycles. The molecule has 150 valence electrons. The van der Waals surface area contributed by atoms with E-state index in [0.717, 1.165) is 11.1 Å². The van der Waals surface area contributed by atoms with Gasteiger partial charge in [-0.2, -0.15) is 0 Å². The number of hydrogen-bond acceptors (Lipinski definition) is 4. The Morgan fingerprint density at radius 2 is 2.14 bits per heavy atom. The van der Waals surface area contributed by atoms with Crippen molar-refractivity contribution in [2.24, 2.45) is 5.41 Å². The topological polar surface area (TPSA) is 70.0 Å². The van der Waals surface area contributed by atoms with Crippen LogP contribution in [-0.4, -0.2) is 47.4 Å². The van der Waals surface area contributed by atoms with Gasteiger partial charge in [-0.3, -0.25) is 9.69 Å². The van der Waals surface area contributed by atoms with Crippen LogP contribution in [0.5, 0.6) is 5.75 Å². The standard InChI is InChI=1S/C21H23ClFNO4/c1-28-17-4-2-3-14(9-17)11-21(20(26)27)13-24(8-7-19(21)25)12-15-5-6-16(23)10-18(15)22/h2-6,9-10,19,25H,7-8,11-13H2,1H3,(H,26,27)/t19-,21-/m1/s1. The zero-order chi connectivity index (χ0) is 20.3. The molecule has 1 fully saturated rings. The molecule has 3 rings (SSSR count). The van der Waals surface area contributed by atoms with Gasteiger partial charge in [0.15, 0.2) is 0 Å². The number of benzene rings is 2. The van der Waals surface area contributed by atoms with Gasteiger partial charge < -0.3 is 14.9 Å². The van der Waals surface area contributed by atoms with Gasteiger partial charge in [-0.15, -0.1) is 0 Å². The summed E-state index contributed by atoms with van der Waals surface area (Å²) in [6.07, 6.45) is -0.472. The van der Waals surface area contributed by atoms with E-state index in [4.69, 9.17) is 16.3 Å². The summed E-state index contributed by atoms with van der Waals surface area (Å²) in [6, 6.07) is 11.4. The van der Waals surface area contributed by atoms with E-state index in [-0.39, 0.29) is 13.0 Å². The van der Waals surface area contributed by atoms with Crippen molar-refractivity contribution in [3.05, 3.63) is 64.4 Å². The van der Waals surface area contributed by atoms with Gasteiger partial charge in [0.25, 0.3) is 0 Å². The van der Waals surface area contributed by atoms with Gasteiger partial charge >= 0.3 is 5.97 Å². The summed E-state index contributed by atoms with van der Waals surface area (Å²) >= 11 is 6.13. The second-order valence-electron chi connectivity index (χ2n) is 7.24. The van der Waals surface area contributed by atoms with Gasteiger partial charge in [0.2, 0.25) is 0 Å². The third-order valence-corrected chi connectivity index (χ3v) is 5.70. The van der Waals surface area contributed by atoms with Crippen molar-refractivity contribution in [1.82, 2.24) is 4.90 Å². The van der Waals surface area contributed by atoms with Crippen LogP contribution in [0.3, 0.4) is 0 Å². The van der Waals surface area contributed by atoms with Gasteiger partial charge in [-0.25, -0.2) is 4.39 Å². The van der Waals surface area contributed by atoms with Gasteiger partial charge in [0, 0.05) is 24.7 Å². The lowest BCUT2D eigenvalue weighted by atomic mass is 9.72. The van der Waals surface area contributed by atoms with Crippen LogP contribution < -0.4 is 4.74 Å². The van der Waals surface area contributed by atoms with Crippen LogP contribution in [0.1, 0.15) is 17.5 Å². The van der Waals surface area contributed by atoms with E-state index in [9.17, 15) is 19.4 Å². The molecule has 2 atom stereocenters. The lowest BCUT2D eigenvalue weighted by Crippen LogP contribution is -2.56. The second-order valence-corrected chi connectivity index (χ2v) is 7.65. The number of hydrogen-bond donors (Lipinski definition) is 2. The molecule has 1 aliphatic rings. The Hall–Kier alpha value is -2.15. The Balaban J connectivity index is 1.85. The summed E-state index contributed by atoms with van der Waals surface area (Å²) in [6.45, 7) is 1.08. The molecule has 0 radical (unpaired) electrons. The summed E-state index contributed by atoms with van der Waals surface area (Å²) < 4.78 is 18.5. The Morgan fingerprint density at radius 3 is 2.82 bits per heavy atom. The zero-order valence-corrected chi connectivity index (χ0v) is 16.3. The summed E-state index contributed by atoms with van der Waals surface area (Å²) in [4.78, 5) is 14.2. The maximum absolute atomic E-state index is 13.3. The number of carbonyl (C=O) groups is 1. The zero-order valence-electron chi connectivity index (χ0n) is 15.6. The minimum absolute atomic E-state index is 0.161. The number of methoxy groups -OCH3 is 1. The quantitative estimate of drug-likeness (QED) is 0.768. The highest BCUT2D eigenvalue weighted by Gasteiger charge is 2.49. The molecule has 0 amide bonds. The highest BCUT2D eigenvalue weighted by atomic mass is 35.5. The summed E-state index contributed by atoms with van der Waals surface area (Å²) in [5.74, 6) is -0.822. The number of rotatable bonds is 6. The van der Waals surface area contributed by atoms with E-state index in [2.05, 4.69) is 0 Å². The fraction of sp³-hybridized carbons (Fsp3) is 0.381. The Kier molecular flexibility index (Phi) is 6.23. The minimum Gasteiger partial charge on any atom is -0.497 e. The lowest BCUT2D eigenvalue weighted by Gasteiger charge is -2.43. The summed E-state index contributed by atoms with van der Waals surface area (Å²) in [7, 11) is 1.55. The fourth-order valence-corrected chi connectivity index (χ4v) is 4.02. The number of carboxylic acid groups (broad SMARTS) is 1. The van der Waals surface area contributed by atoms with Crippen molar-refractivity contribution in [2.75, 3.05) is 20.2 Å². The highest BCUT2D eigenvalue weighted by molar-refractivity contribution is 6.31. The molecule has 1 heterocycles. The van der Waals surface area contributed by atoms with Crippen LogP contribution >= 0.6 is 11.6 Å². The first-order valence-electron chi connectivity index (χ1n) is 9.05. The molecule has 1 aliphatic heterocycles. The largest absolute Gasteiger partial charge is 0.497 e. The average Bonchev–Trinajstić information content (AvgIpc) is 2.66. The third kappa shape index (κ3) is 4.29. The van der Waals surface area contributed by atoms with E-state index in [1.54, 1.807) is 31.4 Å². The molecule has 2 aromatic rings. The van der Waals surface area contributed by atoms with Gasteiger partial charge in [0.05, 0.1) is 13.2 Å². The van der Waals surface area contributed by atoms with Crippen LogP contribution in [0.25, 0.3) is 0 Å². The number of aliphatic hydroxyl groups is 1. The fourth-order valence-electron chi connectivity index (χ4n) is 3.80. The first-order valence-corrected chi connectivity index (χ1v) is 9.42. The third-order valence-electron chi connectivity index (χ3n) is 5.35. The molecule has 0 unspecified atom stereocenters. The van der Waals surface area contributed by atoms with E-state index in [0.29, 0.717) is 30.3 Å². The van der Waals surface area contributed by atoms with E-state index in [1.807, 2.05) is 11.0 Å². The molecule has 7 heteroatoms. The second kappa shape index (κ2) is 8.47. The Morgan fingerprint density at radius 1 is 1.36 bits per heavy atom. The maximum atomic E-state index is 13.3. The van der Waals surface area contributed by atoms with Crippen molar-refractivity contribution >= 4 is 17.6 Å². The molecule has 2 N–H and O–H groups in total. The number of carboxylic acids is 1. The van der Waals surface area contributed by atoms with Crippen LogP contribution in [0.15, 0.2) is 42.5 Å². The predicted molar refractivity (Wildman–Crippen MR) is 104 cm³/mol. The predicted octanol–water partition coefficient (Wildman–Crippen LogP) is 3.37. The molecule has 0 spiro atoms. The van der Waals surface area contributed by atoms with Crippen molar-refractivity contribution in [2.45, 2.75) is 25.5 Å². The van der Waals surface area contributed by atoms with Crippen LogP contribution in [0.4, 0.5) is 4.39 Å². The number of nitrogens with zero attached hydrogens (tertiary/aromatic N) is 1. The van der Waals surface area contributed by atoms with Gasteiger partial charge in [-0.1, -0.05) is 29.8 Å². The van der Waals surface area contributed by atoms with Crippen molar-refractivity contribution < 1.29 is 24.1 Å². The van der Waals surface area contributed by atoms with E-state index < -0.39 is 23.3 Å². The summed E-state index contributed by atoms with van der Waals surface area (Å²) in [5, 5.41) is 21.0. The number of halogens is 2. The minimum atomic E-state index is -1.35. The number of aliphatic hydroxyl groups excluding tert-OH is 1. The van der Waals surface area contributed by atoms with Crippen LogP contribution in [0, 0.1) is 11.2 Å². The SMILES string of the molecule is COc1cccc(C[C@@]2(C(=O)O)CN(Cc3ccc(F)cc3Cl)CC[C@H]2O)c1. The van der Waals surface area contributed by atoms with E-state index in [1.165, 1.54) is 12.1 Å². The Bertz CT molecular complexity index is 862. The first kappa shape index (κ1) is 20.6. The molecule has 5 nitrogen and oxygen atoms in total. The molecule has 0 bridgehead atoms. The molecular weight excluding hydrogens is 385 g/mol. The molecule has 1 saturated heterocycles. The molecule has 28 heavy (non-hydrogen) atoms. The monoisotopic (exact) mass is 407 g/mol. The Labute approximate surface area is 168 Å². The number of ether oxygens (including phenoxy) is 1. The van der Waals surface area contributed by atoms with Crippen LogP contribution in [0.2, 0.25) is 5.02 Å². The highest BCUT2D eigenvalue weighted by Crippen LogP contribution is 2.36. The molecule has 0 saturated carbocycles. The number of aliphatic carboxylic acids is 1. The van der Waals surface area contributed by atoms with Gasteiger partial charge in [-0.05, 0) is 48.2 Å². The van der Waals surface area contributed by atoms with Crippen LogP contribution in [-0.2, 0) is 17.8 Å². The number of likely N-dealkylation sites (tertiary alicyclic amines) is 1. The molecule has 2 aromatic carbocycles. The van der Waals surface area contributed by atoms with Crippen molar-refractivity contribution in [3.63, 3.8) is 0 Å². The number of piperidine rings is 1. The van der Waals surface area contributed by atoms with E-state index >= 15 is 0 Å².